The number of ether oxygens (including phenoxy) is 2. The quantitative estimate of drug-likeness (QED) is 0.649. The first-order chi connectivity index (χ1) is 6.98. The second-order valence-electron chi connectivity index (χ2n) is 5.50. The molecule has 2 nitrogen and oxygen atoms in total. The lowest BCUT2D eigenvalue weighted by Gasteiger charge is -2.35. The SMILES string of the molecule is C#CCOC1CCC2CC1(C)OC2(C)C. The highest BCUT2D eigenvalue weighted by Crippen LogP contribution is 2.51. The van der Waals surface area contributed by atoms with Crippen molar-refractivity contribution in [3.63, 3.8) is 0 Å². The van der Waals surface area contributed by atoms with E-state index in [9.17, 15) is 0 Å². The Labute approximate surface area is 92.3 Å². The van der Waals surface area contributed by atoms with Gasteiger partial charge in [0.15, 0.2) is 0 Å². The van der Waals surface area contributed by atoms with Crippen molar-refractivity contribution < 1.29 is 9.47 Å². The Balaban J connectivity index is 2.10. The molecule has 0 aromatic heterocycles. The molecule has 1 saturated carbocycles. The van der Waals surface area contributed by atoms with Gasteiger partial charge in [-0.25, -0.2) is 0 Å². The Morgan fingerprint density at radius 3 is 2.80 bits per heavy atom. The molecular weight excluding hydrogens is 188 g/mol. The van der Waals surface area contributed by atoms with Crippen molar-refractivity contribution in [2.45, 2.75) is 57.3 Å². The van der Waals surface area contributed by atoms with Crippen molar-refractivity contribution >= 4 is 0 Å². The van der Waals surface area contributed by atoms with Crippen molar-refractivity contribution in [3.8, 4) is 12.3 Å². The molecule has 2 rings (SSSR count). The van der Waals surface area contributed by atoms with Crippen LogP contribution in [0.4, 0.5) is 0 Å². The van der Waals surface area contributed by atoms with Gasteiger partial charge in [-0.3, -0.25) is 0 Å². The van der Waals surface area contributed by atoms with Gasteiger partial charge in [0, 0.05) is 0 Å². The second-order valence-corrected chi connectivity index (χ2v) is 5.50. The first-order valence-corrected chi connectivity index (χ1v) is 5.73. The summed E-state index contributed by atoms with van der Waals surface area (Å²) in [6.07, 6.45) is 8.77. The third kappa shape index (κ3) is 1.79. The summed E-state index contributed by atoms with van der Waals surface area (Å²) in [5.74, 6) is 3.21. The van der Waals surface area contributed by atoms with Gasteiger partial charge in [-0.1, -0.05) is 5.92 Å². The molecule has 0 spiro atoms. The van der Waals surface area contributed by atoms with E-state index in [0.29, 0.717) is 12.5 Å². The van der Waals surface area contributed by atoms with E-state index >= 15 is 0 Å². The van der Waals surface area contributed by atoms with Gasteiger partial charge < -0.3 is 9.47 Å². The molecule has 1 heterocycles. The summed E-state index contributed by atoms with van der Waals surface area (Å²) < 4.78 is 11.9. The van der Waals surface area contributed by atoms with Crippen LogP contribution in [0.5, 0.6) is 0 Å². The predicted molar refractivity (Wildman–Crippen MR) is 59.5 cm³/mol. The average molecular weight is 208 g/mol. The highest BCUT2D eigenvalue weighted by molar-refractivity contribution is 5.05. The molecule has 0 amide bonds. The zero-order chi connectivity index (χ0) is 11.1. The van der Waals surface area contributed by atoms with Crippen LogP contribution in [0.1, 0.15) is 40.0 Å². The molecule has 0 aromatic rings. The summed E-state index contributed by atoms with van der Waals surface area (Å²) in [5.41, 5.74) is -0.119. The Hall–Kier alpha value is -0.520. The van der Waals surface area contributed by atoms with Crippen LogP contribution in [0.25, 0.3) is 0 Å². The van der Waals surface area contributed by atoms with Crippen LogP contribution in [0.3, 0.4) is 0 Å². The molecule has 1 saturated heterocycles. The average Bonchev–Trinajstić information content (AvgIpc) is 2.32. The predicted octanol–water partition coefficient (Wildman–Crippen LogP) is 2.37. The van der Waals surface area contributed by atoms with E-state index in [1.807, 2.05) is 0 Å². The van der Waals surface area contributed by atoms with Gasteiger partial charge in [0.05, 0.1) is 17.3 Å². The lowest BCUT2D eigenvalue weighted by Crippen LogP contribution is -2.43. The van der Waals surface area contributed by atoms with Gasteiger partial charge in [-0.15, -0.1) is 6.42 Å². The van der Waals surface area contributed by atoms with Crippen LogP contribution in [0.2, 0.25) is 0 Å². The maximum Gasteiger partial charge on any atom is 0.107 e. The van der Waals surface area contributed by atoms with E-state index in [0.717, 1.165) is 12.8 Å². The topological polar surface area (TPSA) is 18.5 Å². The lowest BCUT2D eigenvalue weighted by atomic mass is 9.75. The van der Waals surface area contributed by atoms with Crippen molar-refractivity contribution in [1.29, 1.82) is 0 Å². The monoisotopic (exact) mass is 208 g/mol. The third-order valence-electron chi connectivity index (χ3n) is 3.96. The summed E-state index contributed by atoms with van der Waals surface area (Å²) in [5, 5.41) is 0. The fraction of sp³-hybridized carbons (Fsp3) is 0.846. The second kappa shape index (κ2) is 3.50. The van der Waals surface area contributed by atoms with Crippen molar-refractivity contribution in [2.75, 3.05) is 6.61 Å². The number of hydrogen-bond acceptors (Lipinski definition) is 2. The molecular formula is C13H20O2. The molecule has 0 N–H and O–H groups in total. The first-order valence-electron chi connectivity index (χ1n) is 5.73. The van der Waals surface area contributed by atoms with Crippen LogP contribution >= 0.6 is 0 Å². The Kier molecular flexibility index (Phi) is 2.56. The number of rotatable bonds is 2. The first kappa shape index (κ1) is 11.0. The van der Waals surface area contributed by atoms with Gasteiger partial charge in [-0.05, 0) is 46.0 Å². The maximum atomic E-state index is 6.18. The van der Waals surface area contributed by atoms with Crippen LogP contribution in [0, 0.1) is 18.3 Å². The number of terminal acetylenes is 1. The van der Waals surface area contributed by atoms with Gasteiger partial charge in [0.2, 0.25) is 0 Å². The molecule has 84 valence electrons. The van der Waals surface area contributed by atoms with E-state index in [2.05, 4.69) is 26.7 Å². The van der Waals surface area contributed by atoms with Crippen molar-refractivity contribution in [1.82, 2.24) is 0 Å². The lowest BCUT2D eigenvalue weighted by molar-refractivity contribution is -0.144. The number of hydrogen-bond donors (Lipinski definition) is 0. The highest BCUT2D eigenvalue weighted by atomic mass is 16.6. The molecule has 1 aliphatic heterocycles. The molecule has 0 radical (unpaired) electrons. The van der Waals surface area contributed by atoms with Gasteiger partial charge in [-0.2, -0.15) is 0 Å². The number of fused-ring (bicyclic) bond motifs is 2. The smallest absolute Gasteiger partial charge is 0.107 e. The molecule has 2 bridgehead atoms. The van der Waals surface area contributed by atoms with E-state index < -0.39 is 0 Å². The molecule has 15 heavy (non-hydrogen) atoms. The highest BCUT2D eigenvalue weighted by Gasteiger charge is 2.55. The Bertz CT molecular complexity index is 289. The summed E-state index contributed by atoms with van der Waals surface area (Å²) in [7, 11) is 0. The minimum atomic E-state index is -0.122. The van der Waals surface area contributed by atoms with Crippen molar-refractivity contribution in [2.24, 2.45) is 5.92 Å². The fourth-order valence-electron chi connectivity index (χ4n) is 3.17. The third-order valence-corrected chi connectivity index (χ3v) is 3.96. The molecule has 1 aliphatic carbocycles. The van der Waals surface area contributed by atoms with Crippen LogP contribution < -0.4 is 0 Å². The molecule has 2 aliphatic rings. The molecule has 2 fully saturated rings. The Morgan fingerprint density at radius 2 is 2.13 bits per heavy atom. The summed E-state index contributed by atoms with van der Waals surface area (Å²) >= 11 is 0. The van der Waals surface area contributed by atoms with E-state index in [4.69, 9.17) is 15.9 Å². The minimum absolute atomic E-state index is 0.00298. The van der Waals surface area contributed by atoms with Crippen LogP contribution in [-0.2, 0) is 9.47 Å². The van der Waals surface area contributed by atoms with Crippen LogP contribution in [0.15, 0.2) is 0 Å². The summed E-state index contributed by atoms with van der Waals surface area (Å²) in [6, 6.07) is 0. The minimum Gasteiger partial charge on any atom is -0.366 e. The van der Waals surface area contributed by atoms with Crippen molar-refractivity contribution in [3.05, 3.63) is 0 Å². The molecule has 0 aromatic carbocycles. The van der Waals surface area contributed by atoms with E-state index in [1.54, 1.807) is 0 Å². The van der Waals surface area contributed by atoms with Crippen LogP contribution in [-0.4, -0.2) is 23.9 Å². The van der Waals surface area contributed by atoms with Gasteiger partial charge >= 0.3 is 0 Å². The summed E-state index contributed by atoms with van der Waals surface area (Å²) in [6.45, 7) is 6.93. The summed E-state index contributed by atoms with van der Waals surface area (Å²) in [4.78, 5) is 0. The zero-order valence-corrected chi connectivity index (χ0v) is 9.88. The van der Waals surface area contributed by atoms with Gasteiger partial charge in [0.1, 0.15) is 6.61 Å². The Morgan fingerprint density at radius 1 is 1.40 bits per heavy atom. The largest absolute Gasteiger partial charge is 0.366 e. The standard InChI is InChI=1S/C13H20O2/c1-5-8-14-11-7-6-10-9-13(11,4)15-12(10,2)3/h1,10-11H,6-9H2,2-4H3. The zero-order valence-electron chi connectivity index (χ0n) is 9.88. The fourth-order valence-corrected chi connectivity index (χ4v) is 3.17. The molecule has 3 atom stereocenters. The van der Waals surface area contributed by atoms with Gasteiger partial charge in [0.25, 0.3) is 0 Å². The normalized spacial score (nSPS) is 42.5. The van der Waals surface area contributed by atoms with E-state index in [-0.39, 0.29) is 17.3 Å². The molecule has 2 heteroatoms. The molecule has 3 unspecified atom stereocenters. The maximum absolute atomic E-state index is 6.18. The van der Waals surface area contributed by atoms with E-state index in [1.165, 1.54) is 6.42 Å².